The largest absolute Gasteiger partial charge is 0.391 e. The molecule has 2 rings (SSSR count). The number of amides is 1. The lowest BCUT2D eigenvalue weighted by molar-refractivity contribution is -0.183. The van der Waals surface area contributed by atoms with E-state index in [1.54, 1.807) is 0 Å². The smallest absolute Gasteiger partial charge is 0.341 e. The van der Waals surface area contributed by atoms with Crippen LogP contribution in [0.1, 0.15) is 45.4 Å². The predicted octanol–water partition coefficient (Wildman–Crippen LogP) is 2.71. The molecule has 1 heterocycles. The van der Waals surface area contributed by atoms with Crippen molar-refractivity contribution in [3.63, 3.8) is 0 Å². The fourth-order valence-corrected chi connectivity index (χ4v) is 3.22. The molecule has 1 aliphatic heterocycles. The predicted molar refractivity (Wildman–Crippen MR) is 70.2 cm³/mol. The van der Waals surface area contributed by atoms with E-state index in [2.05, 4.69) is 5.32 Å². The van der Waals surface area contributed by atoms with Gasteiger partial charge in [0.05, 0.1) is 12.0 Å². The number of hydrogen-bond donors (Lipinski definition) is 1. The summed E-state index contributed by atoms with van der Waals surface area (Å²) in [5.74, 6) is -1.08. The van der Waals surface area contributed by atoms with E-state index in [0.29, 0.717) is 12.8 Å². The molecule has 3 nitrogen and oxygen atoms in total. The molecule has 0 aromatic carbocycles. The normalized spacial score (nSPS) is 29.5. The van der Waals surface area contributed by atoms with Gasteiger partial charge in [0, 0.05) is 19.1 Å². The zero-order valence-corrected chi connectivity index (χ0v) is 11.9. The Morgan fingerprint density at radius 1 is 1.15 bits per heavy atom. The fourth-order valence-electron chi connectivity index (χ4n) is 3.22. The van der Waals surface area contributed by atoms with Crippen molar-refractivity contribution in [3.05, 3.63) is 0 Å². The quantitative estimate of drug-likeness (QED) is 0.867. The molecule has 1 unspecified atom stereocenters. The molecule has 0 bridgehead atoms. The average molecular weight is 292 g/mol. The van der Waals surface area contributed by atoms with Crippen LogP contribution in [-0.4, -0.2) is 42.2 Å². The topological polar surface area (TPSA) is 32.3 Å². The summed E-state index contributed by atoms with van der Waals surface area (Å²) < 4.78 is 37.7. The second kappa shape index (κ2) is 6.33. The molecule has 2 aliphatic rings. The van der Waals surface area contributed by atoms with Gasteiger partial charge in [0.15, 0.2) is 0 Å². The van der Waals surface area contributed by atoms with Gasteiger partial charge in [-0.05, 0) is 45.4 Å². The summed E-state index contributed by atoms with van der Waals surface area (Å²) in [6.07, 6.45) is -0.618. The van der Waals surface area contributed by atoms with Crippen molar-refractivity contribution < 1.29 is 18.0 Å². The molecule has 1 N–H and O–H groups in total. The van der Waals surface area contributed by atoms with E-state index in [9.17, 15) is 18.0 Å². The highest BCUT2D eigenvalue weighted by molar-refractivity contribution is 5.81. The SMILES string of the molecule is CC(NC1CCC(C(F)(F)F)CC1)C(=O)N1CCCC1. The van der Waals surface area contributed by atoms with Crippen LogP contribution >= 0.6 is 0 Å². The highest BCUT2D eigenvalue weighted by atomic mass is 19.4. The zero-order chi connectivity index (χ0) is 14.8. The number of nitrogens with zero attached hydrogens (tertiary/aromatic N) is 1. The maximum absolute atomic E-state index is 12.6. The van der Waals surface area contributed by atoms with E-state index in [1.807, 2.05) is 11.8 Å². The number of carbonyl (C=O) groups is 1. The highest BCUT2D eigenvalue weighted by Gasteiger charge is 2.41. The molecule has 6 heteroatoms. The van der Waals surface area contributed by atoms with Crippen molar-refractivity contribution in [2.45, 2.75) is 63.7 Å². The number of hydrogen-bond acceptors (Lipinski definition) is 2. The molecule has 1 saturated carbocycles. The van der Waals surface area contributed by atoms with Crippen LogP contribution in [0.5, 0.6) is 0 Å². The van der Waals surface area contributed by atoms with Gasteiger partial charge in [-0.2, -0.15) is 13.2 Å². The van der Waals surface area contributed by atoms with E-state index in [0.717, 1.165) is 25.9 Å². The molecule has 1 atom stereocenters. The van der Waals surface area contributed by atoms with Gasteiger partial charge in [-0.15, -0.1) is 0 Å². The average Bonchev–Trinajstić information content (AvgIpc) is 2.91. The molecule has 1 saturated heterocycles. The van der Waals surface area contributed by atoms with Gasteiger partial charge in [0.2, 0.25) is 5.91 Å². The molecule has 2 fully saturated rings. The maximum atomic E-state index is 12.6. The molecule has 1 amide bonds. The Labute approximate surface area is 117 Å². The summed E-state index contributed by atoms with van der Waals surface area (Å²) in [6.45, 7) is 3.44. The lowest BCUT2D eigenvalue weighted by atomic mass is 9.85. The highest BCUT2D eigenvalue weighted by Crippen LogP contribution is 2.37. The van der Waals surface area contributed by atoms with Crippen LogP contribution in [0.4, 0.5) is 13.2 Å². The number of halogens is 3. The number of likely N-dealkylation sites (tertiary alicyclic amines) is 1. The molecule has 0 aromatic heterocycles. The Hall–Kier alpha value is -0.780. The van der Waals surface area contributed by atoms with Crippen LogP contribution in [0.3, 0.4) is 0 Å². The minimum absolute atomic E-state index is 0.0372. The first-order valence-electron chi connectivity index (χ1n) is 7.49. The summed E-state index contributed by atoms with van der Waals surface area (Å²) in [5.41, 5.74) is 0. The van der Waals surface area contributed by atoms with Crippen LogP contribution < -0.4 is 5.32 Å². The van der Waals surface area contributed by atoms with Gasteiger partial charge in [-0.3, -0.25) is 4.79 Å². The molecule has 0 radical (unpaired) electrons. The fraction of sp³-hybridized carbons (Fsp3) is 0.929. The maximum Gasteiger partial charge on any atom is 0.391 e. The molecule has 1 aliphatic carbocycles. The third-order valence-electron chi connectivity index (χ3n) is 4.46. The summed E-state index contributed by atoms with van der Waals surface area (Å²) >= 11 is 0. The van der Waals surface area contributed by atoms with Crippen molar-refractivity contribution in [2.24, 2.45) is 5.92 Å². The Morgan fingerprint density at radius 2 is 1.70 bits per heavy atom. The van der Waals surface area contributed by atoms with Crippen LogP contribution in [0.15, 0.2) is 0 Å². The van der Waals surface area contributed by atoms with Crippen molar-refractivity contribution in [1.29, 1.82) is 0 Å². The number of rotatable bonds is 3. The first-order chi connectivity index (χ1) is 9.38. The first kappa shape index (κ1) is 15.6. The number of alkyl halides is 3. The van der Waals surface area contributed by atoms with E-state index in [4.69, 9.17) is 0 Å². The minimum Gasteiger partial charge on any atom is -0.341 e. The summed E-state index contributed by atoms with van der Waals surface area (Å²) in [5, 5.41) is 3.21. The summed E-state index contributed by atoms with van der Waals surface area (Å²) in [6, 6.07) is -0.254. The van der Waals surface area contributed by atoms with Gasteiger partial charge in [-0.25, -0.2) is 0 Å². The first-order valence-corrected chi connectivity index (χ1v) is 7.49. The molecule has 116 valence electrons. The van der Waals surface area contributed by atoms with E-state index in [1.165, 1.54) is 0 Å². The van der Waals surface area contributed by atoms with E-state index >= 15 is 0 Å². The number of carbonyl (C=O) groups excluding carboxylic acids is 1. The molecule has 0 aromatic rings. The third-order valence-corrected chi connectivity index (χ3v) is 4.46. The second-order valence-corrected chi connectivity index (χ2v) is 6.01. The molecular weight excluding hydrogens is 269 g/mol. The number of nitrogens with one attached hydrogen (secondary N) is 1. The molecule has 20 heavy (non-hydrogen) atoms. The Balaban J connectivity index is 1.76. The van der Waals surface area contributed by atoms with Crippen LogP contribution in [0.25, 0.3) is 0 Å². The lowest BCUT2D eigenvalue weighted by Crippen LogP contribution is -2.49. The Morgan fingerprint density at radius 3 is 2.20 bits per heavy atom. The van der Waals surface area contributed by atoms with Gasteiger partial charge < -0.3 is 10.2 Å². The van der Waals surface area contributed by atoms with Crippen molar-refractivity contribution >= 4 is 5.91 Å². The van der Waals surface area contributed by atoms with Crippen LogP contribution in [-0.2, 0) is 4.79 Å². The van der Waals surface area contributed by atoms with E-state index < -0.39 is 12.1 Å². The molecular formula is C14H23F3N2O. The zero-order valence-electron chi connectivity index (χ0n) is 11.9. The lowest BCUT2D eigenvalue weighted by Gasteiger charge is -2.32. The van der Waals surface area contributed by atoms with Gasteiger partial charge in [0.25, 0.3) is 0 Å². The van der Waals surface area contributed by atoms with Crippen molar-refractivity contribution in [1.82, 2.24) is 10.2 Å². The Bertz CT molecular complexity index is 332. The van der Waals surface area contributed by atoms with Gasteiger partial charge >= 0.3 is 6.18 Å². The summed E-state index contributed by atoms with van der Waals surface area (Å²) in [7, 11) is 0. The third kappa shape index (κ3) is 3.87. The van der Waals surface area contributed by atoms with Crippen molar-refractivity contribution in [2.75, 3.05) is 13.1 Å². The van der Waals surface area contributed by atoms with Crippen LogP contribution in [0, 0.1) is 5.92 Å². The monoisotopic (exact) mass is 292 g/mol. The van der Waals surface area contributed by atoms with Gasteiger partial charge in [-0.1, -0.05) is 0 Å². The second-order valence-electron chi connectivity index (χ2n) is 6.01. The standard InChI is InChI=1S/C14H23F3N2O/c1-10(13(20)19-8-2-3-9-19)18-12-6-4-11(5-7-12)14(15,16)17/h10-12,18H,2-9H2,1H3. The van der Waals surface area contributed by atoms with Crippen molar-refractivity contribution in [3.8, 4) is 0 Å². The summed E-state index contributed by atoms with van der Waals surface area (Å²) in [4.78, 5) is 14.0. The van der Waals surface area contributed by atoms with Crippen LogP contribution in [0.2, 0.25) is 0 Å². The Kier molecular flexibility index (Phi) is 4.94. The van der Waals surface area contributed by atoms with E-state index in [-0.39, 0.29) is 30.8 Å². The minimum atomic E-state index is -4.07. The molecule has 0 spiro atoms. The van der Waals surface area contributed by atoms with Gasteiger partial charge in [0.1, 0.15) is 0 Å².